The highest BCUT2D eigenvalue weighted by molar-refractivity contribution is 5.77. The summed E-state index contributed by atoms with van der Waals surface area (Å²) in [5.74, 6) is 0.893. The highest BCUT2D eigenvalue weighted by Crippen LogP contribution is 1.97. The van der Waals surface area contributed by atoms with Crippen LogP contribution in [0.25, 0.3) is 0 Å². The van der Waals surface area contributed by atoms with Crippen LogP contribution in [0.1, 0.15) is 26.1 Å². The molecule has 0 aliphatic heterocycles. The SMILES string of the molecule is CCCn1ncnc1CC(C)=O. The van der Waals surface area contributed by atoms with Gasteiger partial charge in [-0.2, -0.15) is 5.10 Å². The zero-order chi connectivity index (χ0) is 8.97. The van der Waals surface area contributed by atoms with E-state index in [-0.39, 0.29) is 5.78 Å². The lowest BCUT2D eigenvalue weighted by atomic mass is 10.3. The van der Waals surface area contributed by atoms with Crippen molar-refractivity contribution in [3.8, 4) is 0 Å². The predicted molar refractivity (Wildman–Crippen MR) is 44.7 cm³/mol. The molecule has 0 amide bonds. The van der Waals surface area contributed by atoms with Gasteiger partial charge in [-0.05, 0) is 13.3 Å². The zero-order valence-corrected chi connectivity index (χ0v) is 7.45. The Bertz CT molecular complexity index is 267. The first-order valence-corrected chi connectivity index (χ1v) is 4.10. The minimum atomic E-state index is 0.125. The number of rotatable bonds is 4. The maximum absolute atomic E-state index is 10.8. The Morgan fingerprint density at radius 3 is 3.00 bits per heavy atom. The van der Waals surface area contributed by atoms with Crippen LogP contribution >= 0.6 is 0 Å². The molecule has 66 valence electrons. The van der Waals surface area contributed by atoms with Gasteiger partial charge in [0.05, 0.1) is 6.42 Å². The molecule has 0 aliphatic rings. The van der Waals surface area contributed by atoms with Crippen molar-refractivity contribution in [1.29, 1.82) is 0 Å². The summed E-state index contributed by atoms with van der Waals surface area (Å²) in [7, 11) is 0. The van der Waals surface area contributed by atoms with Crippen molar-refractivity contribution in [3.63, 3.8) is 0 Å². The Morgan fingerprint density at radius 1 is 1.67 bits per heavy atom. The fourth-order valence-electron chi connectivity index (χ4n) is 1.05. The minimum absolute atomic E-state index is 0.125. The molecule has 0 radical (unpaired) electrons. The minimum Gasteiger partial charge on any atom is -0.300 e. The molecule has 1 rings (SSSR count). The maximum Gasteiger partial charge on any atom is 0.138 e. The molecule has 4 heteroatoms. The van der Waals surface area contributed by atoms with Crippen molar-refractivity contribution in [2.75, 3.05) is 0 Å². The molecule has 12 heavy (non-hydrogen) atoms. The standard InChI is InChI=1S/C8H13N3O/c1-3-4-11-8(5-7(2)12)9-6-10-11/h6H,3-5H2,1-2H3. The van der Waals surface area contributed by atoms with Crippen molar-refractivity contribution in [3.05, 3.63) is 12.2 Å². The lowest BCUT2D eigenvalue weighted by molar-refractivity contribution is -0.116. The predicted octanol–water partition coefficient (Wildman–Crippen LogP) is 0.820. The van der Waals surface area contributed by atoms with E-state index in [2.05, 4.69) is 17.0 Å². The van der Waals surface area contributed by atoms with Crippen LogP contribution in [0, 0.1) is 0 Å². The van der Waals surface area contributed by atoms with Crippen molar-refractivity contribution < 1.29 is 4.79 Å². The van der Waals surface area contributed by atoms with Crippen LogP contribution in [-0.2, 0) is 17.8 Å². The average Bonchev–Trinajstić information content (AvgIpc) is 2.37. The number of carbonyl (C=O) groups excluding carboxylic acids is 1. The Kier molecular flexibility index (Phi) is 2.96. The molecule has 1 aromatic rings. The van der Waals surface area contributed by atoms with Crippen molar-refractivity contribution >= 4 is 5.78 Å². The van der Waals surface area contributed by atoms with Gasteiger partial charge < -0.3 is 0 Å². The zero-order valence-electron chi connectivity index (χ0n) is 7.45. The van der Waals surface area contributed by atoms with Gasteiger partial charge in [-0.1, -0.05) is 6.92 Å². The number of aryl methyl sites for hydroxylation is 1. The summed E-state index contributed by atoms with van der Waals surface area (Å²) >= 11 is 0. The van der Waals surface area contributed by atoms with Gasteiger partial charge in [0, 0.05) is 6.54 Å². The topological polar surface area (TPSA) is 47.8 Å². The molecule has 0 N–H and O–H groups in total. The van der Waals surface area contributed by atoms with E-state index in [1.807, 2.05) is 0 Å². The summed E-state index contributed by atoms with van der Waals surface area (Å²) in [5.41, 5.74) is 0. The van der Waals surface area contributed by atoms with Gasteiger partial charge in [-0.25, -0.2) is 9.67 Å². The summed E-state index contributed by atoms with van der Waals surface area (Å²) < 4.78 is 1.78. The highest BCUT2D eigenvalue weighted by atomic mass is 16.1. The number of aromatic nitrogens is 3. The van der Waals surface area contributed by atoms with Gasteiger partial charge in [0.1, 0.15) is 17.9 Å². The molecule has 1 aromatic heterocycles. The summed E-state index contributed by atoms with van der Waals surface area (Å²) in [6.07, 6.45) is 2.89. The van der Waals surface area contributed by atoms with E-state index in [9.17, 15) is 4.79 Å². The van der Waals surface area contributed by atoms with Crippen LogP contribution in [0.4, 0.5) is 0 Å². The maximum atomic E-state index is 10.8. The van der Waals surface area contributed by atoms with E-state index in [0.717, 1.165) is 18.8 Å². The first kappa shape index (κ1) is 8.90. The van der Waals surface area contributed by atoms with Crippen molar-refractivity contribution in [2.24, 2.45) is 0 Å². The second-order valence-corrected chi connectivity index (χ2v) is 2.78. The molecule has 4 nitrogen and oxygen atoms in total. The van der Waals surface area contributed by atoms with Crippen LogP contribution in [0.5, 0.6) is 0 Å². The highest BCUT2D eigenvalue weighted by Gasteiger charge is 2.04. The summed E-state index contributed by atoms with van der Waals surface area (Å²) in [5, 5.41) is 4.01. The molecular formula is C8H13N3O. The van der Waals surface area contributed by atoms with Gasteiger partial charge >= 0.3 is 0 Å². The van der Waals surface area contributed by atoms with Crippen LogP contribution in [0.15, 0.2) is 6.33 Å². The lowest BCUT2D eigenvalue weighted by Gasteiger charge is -2.00. The summed E-state index contributed by atoms with van der Waals surface area (Å²) in [6, 6.07) is 0. The Labute approximate surface area is 71.6 Å². The fourth-order valence-corrected chi connectivity index (χ4v) is 1.05. The van der Waals surface area contributed by atoms with E-state index < -0.39 is 0 Å². The normalized spacial score (nSPS) is 10.2. The Morgan fingerprint density at radius 2 is 2.42 bits per heavy atom. The third-order valence-electron chi connectivity index (χ3n) is 1.54. The smallest absolute Gasteiger partial charge is 0.138 e. The molecule has 0 saturated carbocycles. The molecule has 0 aliphatic carbocycles. The van der Waals surface area contributed by atoms with Gasteiger partial charge in [-0.15, -0.1) is 0 Å². The van der Waals surface area contributed by atoms with Crippen LogP contribution < -0.4 is 0 Å². The first-order valence-electron chi connectivity index (χ1n) is 4.10. The molecular weight excluding hydrogens is 154 g/mol. The second kappa shape index (κ2) is 3.99. The monoisotopic (exact) mass is 167 g/mol. The van der Waals surface area contributed by atoms with Gasteiger partial charge in [0.25, 0.3) is 0 Å². The largest absolute Gasteiger partial charge is 0.300 e. The molecule has 1 heterocycles. The molecule has 0 saturated heterocycles. The third-order valence-corrected chi connectivity index (χ3v) is 1.54. The fraction of sp³-hybridized carbons (Fsp3) is 0.625. The molecule has 0 atom stereocenters. The van der Waals surface area contributed by atoms with E-state index in [4.69, 9.17) is 0 Å². The van der Waals surface area contributed by atoms with Gasteiger partial charge in [0.2, 0.25) is 0 Å². The van der Waals surface area contributed by atoms with Crippen molar-refractivity contribution in [1.82, 2.24) is 14.8 Å². The molecule has 0 bridgehead atoms. The van der Waals surface area contributed by atoms with E-state index in [1.54, 1.807) is 11.6 Å². The van der Waals surface area contributed by atoms with E-state index in [1.165, 1.54) is 6.33 Å². The number of Topliss-reactive ketones (excluding diaryl/α,β-unsaturated/α-hetero) is 1. The molecule has 0 spiro atoms. The Hall–Kier alpha value is -1.19. The molecule has 0 aromatic carbocycles. The number of nitrogens with zero attached hydrogens (tertiary/aromatic N) is 3. The number of ketones is 1. The summed E-state index contributed by atoms with van der Waals surface area (Å²) in [6.45, 7) is 4.47. The third kappa shape index (κ3) is 2.15. The Balaban J connectivity index is 2.69. The second-order valence-electron chi connectivity index (χ2n) is 2.78. The first-order chi connectivity index (χ1) is 5.74. The quantitative estimate of drug-likeness (QED) is 0.667. The van der Waals surface area contributed by atoms with Crippen LogP contribution in [0.3, 0.4) is 0 Å². The van der Waals surface area contributed by atoms with E-state index in [0.29, 0.717) is 6.42 Å². The van der Waals surface area contributed by atoms with Crippen molar-refractivity contribution in [2.45, 2.75) is 33.2 Å². The number of hydrogen-bond donors (Lipinski definition) is 0. The van der Waals surface area contributed by atoms with Gasteiger partial charge in [0.15, 0.2) is 0 Å². The number of hydrogen-bond acceptors (Lipinski definition) is 3. The van der Waals surface area contributed by atoms with Crippen LogP contribution in [0.2, 0.25) is 0 Å². The summed E-state index contributed by atoms with van der Waals surface area (Å²) in [4.78, 5) is 14.8. The lowest BCUT2D eigenvalue weighted by Crippen LogP contribution is -2.08. The van der Waals surface area contributed by atoms with Gasteiger partial charge in [-0.3, -0.25) is 4.79 Å². The number of carbonyl (C=O) groups is 1. The average molecular weight is 167 g/mol. The van der Waals surface area contributed by atoms with Crippen LogP contribution in [-0.4, -0.2) is 20.5 Å². The molecule has 0 unspecified atom stereocenters. The van der Waals surface area contributed by atoms with E-state index >= 15 is 0 Å². The molecule has 0 fully saturated rings.